The van der Waals surface area contributed by atoms with Crippen LogP contribution < -0.4 is 0 Å². The average molecular weight is 600 g/mol. The Hall–Kier alpha value is -6.82. The van der Waals surface area contributed by atoms with Crippen molar-refractivity contribution in [3.05, 3.63) is 163 Å². The van der Waals surface area contributed by atoms with E-state index in [-0.39, 0.29) is 0 Å². The highest BCUT2D eigenvalue weighted by Gasteiger charge is 2.24. The molecule has 0 bridgehead atoms. The largest absolute Gasteiger partial charge is 0.307 e. The normalized spacial score (nSPS) is 10.9. The van der Waals surface area contributed by atoms with E-state index in [2.05, 4.69) is 59.2 Å². The minimum absolute atomic E-state index is 0.323. The fourth-order valence-corrected chi connectivity index (χ4v) is 6.41. The molecule has 6 aromatic carbocycles. The van der Waals surface area contributed by atoms with Gasteiger partial charge in [0.1, 0.15) is 6.07 Å². The van der Waals surface area contributed by atoms with Crippen LogP contribution in [0.25, 0.3) is 72.5 Å². The van der Waals surface area contributed by atoms with Gasteiger partial charge in [0.25, 0.3) is 0 Å². The van der Waals surface area contributed by atoms with Crippen molar-refractivity contribution in [1.29, 1.82) is 10.5 Å². The Kier molecular flexibility index (Phi) is 6.84. The SMILES string of the molecule is N#Cc1ccc(-n2c3ccccc3c3cccc(-c4ccccc4)c32)c(C#N)c1-c1nc(-c2ccccc2)cc(-c2ccccc2)n1. The minimum atomic E-state index is 0.323. The lowest BCUT2D eigenvalue weighted by Gasteiger charge is -2.17. The summed E-state index contributed by atoms with van der Waals surface area (Å²) < 4.78 is 2.15. The van der Waals surface area contributed by atoms with Gasteiger partial charge in [0.2, 0.25) is 0 Å². The number of hydrogen-bond acceptors (Lipinski definition) is 4. The predicted octanol–water partition coefficient (Wildman–Crippen LogP) is 9.99. The van der Waals surface area contributed by atoms with E-state index >= 15 is 0 Å². The highest BCUT2D eigenvalue weighted by atomic mass is 15.0. The lowest BCUT2D eigenvalue weighted by atomic mass is 9.98. The first kappa shape index (κ1) is 27.7. The molecule has 8 rings (SSSR count). The van der Waals surface area contributed by atoms with Gasteiger partial charge in [0, 0.05) is 27.5 Å². The van der Waals surface area contributed by atoms with Crippen molar-refractivity contribution in [1.82, 2.24) is 14.5 Å². The molecule has 2 aromatic heterocycles. The number of nitriles is 2. The van der Waals surface area contributed by atoms with Gasteiger partial charge in [-0.15, -0.1) is 0 Å². The van der Waals surface area contributed by atoms with E-state index in [1.54, 1.807) is 6.07 Å². The van der Waals surface area contributed by atoms with Crippen LogP contribution in [-0.2, 0) is 0 Å². The summed E-state index contributed by atoms with van der Waals surface area (Å²) in [5.41, 5.74) is 9.02. The molecule has 47 heavy (non-hydrogen) atoms. The molecule has 2 heterocycles. The minimum Gasteiger partial charge on any atom is -0.307 e. The molecule has 5 heteroatoms. The van der Waals surface area contributed by atoms with E-state index in [1.165, 1.54) is 0 Å². The summed E-state index contributed by atoms with van der Waals surface area (Å²) >= 11 is 0. The summed E-state index contributed by atoms with van der Waals surface area (Å²) in [7, 11) is 0. The van der Waals surface area contributed by atoms with E-state index in [0.29, 0.717) is 39.6 Å². The lowest BCUT2D eigenvalue weighted by Crippen LogP contribution is -2.05. The summed E-state index contributed by atoms with van der Waals surface area (Å²) in [5, 5.41) is 23.5. The molecule has 0 saturated heterocycles. The molecular formula is C42H25N5. The van der Waals surface area contributed by atoms with Crippen LogP contribution in [0.2, 0.25) is 0 Å². The third kappa shape index (κ3) is 4.71. The van der Waals surface area contributed by atoms with E-state index in [1.807, 2.05) is 103 Å². The molecule has 218 valence electrons. The topological polar surface area (TPSA) is 78.3 Å². The first-order chi connectivity index (χ1) is 23.2. The summed E-state index contributed by atoms with van der Waals surface area (Å²) in [6, 6.07) is 55.0. The zero-order valence-electron chi connectivity index (χ0n) is 25.2. The zero-order valence-corrected chi connectivity index (χ0v) is 25.2. The van der Waals surface area contributed by atoms with Crippen molar-refractivity contribution >= 4 is 21.8 Å². The smallest absolute Gasteiger partial charge is 0.163 e. The summed E-state index contributed by atoms with van der Waals surface area (Å²) in [4.78, 5) is 10.0. The van der Waals surface area contributed by atoms with Crippen molar-refractivity contribution in [3.8, 4) is 62.9 Å². The second-order valence-corrected chi connectivity index (χ2v) is 11.2. The summed E-state index contributed by atoms with van der Waals surface area (Å²) in [6.45, 7) is 0. The molecule has 0 amide bonds. The Morgan fingerprint density at radius 1 is 0.511 bits per heavy atom. The number of aromatic nitrogens is 3. The van der Waals surface area contributed by atoms with Gasteiger partial charge in [-0.25, -0.2) is 9.97 Å². The standard InChI is InChI=1S/C42H25N5/c43-26-31-23-24-39(47-38-22-11-10-19-33(38)34-21-12-20-32(41(34)47)28-13-4-1-5-14-28)35(27-44)40(31)42-45-36(29-15-6-2-7-16-29)25-37(46-42)30-17-8-3-9-18-30/h1-25H. The van der Waals surface area contributed by atoms with Crippen LogP contribution >= 0.6 is 0 Å². The maximum absolute atomic E-state index is 11.0. The van der Waals surface area contributed by atoms with Gasteiger partial charge < -0.3 is 4.57 Å². The monoisotopic (exact) mass is 599 g/mol. The first-order valence-corrected chi connectivity index (χ1v) is 15.3. The number of rotatable bonds is 5. The first-order valence-electron chi connectivity index (χ1n) is 15.3. The Morgan fingerprint density at radius 2 is 1.09 bits per heavy atom. The lowest BCUT2D eigenvalue weighted by molar-refractivity contribution is 1.14. The third-order valence-electron chi connectivity index (χ3n) is 8.52. The highest BCUT2D eigenvalue weighted by Crippen LogP contribution is 2.41. The fraction of sp³-hybridized carbons (Fsp3) is 0. The van der Waals surface area contributed by atoms with Crippen LogP contribution in [0.5, 0.6) is 0 Å². The molecule has 0 saturated carbocycles. The quantitative estimate of drug-likeness (QED) is 0.197. The zero-order chi connectivity index (χ0) is 31.7. The maximum Gasteiger partial charge on any atom is 0.163 e. The molecule has 0 aliphatic rings. The molecular weight excluding hydrogens is 574 g/mol. The van der Waals surface area contributed by atoms with Crippen molar-refractivity contribution < 1.29 is 0 Å². The van der Waals surface area contributed by atoms with Crippen LogP contribution in [-0.4, -0.2) is 14.5 Å². The van der Waals surface area contributed by atoms with Crippen LogP contribution in [0, 0.1) is 22.7 Å². The number of para-hydroxylation sites is 2. The van der Waals surface area contributed by atoms with Crippen molar-refractivity contribution in [2.24, 2.45) is 0 Å². The van der Waals surface area contributed by atoms with Gasteiger partial charge in [-0.05, 0) is 29.8 Å². The van der Waals surface area contributed by atoms with Gasteiger partial charge in [-0.1, -0.05) is 127 Å². The molecule has 5 nitrogen and oxygen atoms in total. The Balaban J connectivity index is 1.47. The number of nitrogens with zero attached hydrogens (tertiary/aromatic N) is 5. The molecule has 0 unspecified atom stereocenters. The van der Waals surface area contributed by atoms with Crippen LogP contribution in [0.4, 0.5) is 0 Å². The van der Waals surface area contributed by atoms with Crippen molar-refractivity contribution in [3.63, 3.8) is 0 Å². The maximum atomic E-state index is 11.0. The van der Waals surface area contributed by atoms with Crippen molar-refractivity contribution in [2.75, 3.05) is 0 Å². The van der Waals surface area contributed by atoms with Crippen LogP contribution in [0.3, 0.4) is 0 Å². The fourth-order valence-electron chi connectivity index (χ4n) is 6.41. The predicted molar refractivity (Wildman–Crippen MR) is 188 cm³/mol. The second-order valence-electron chi connectivity index (χ2n) is 11.2. The molecule has 0 atom stereocenters. The molecule has 0 spiro atoms. The number of fused-ring (bicyclic) bond motifs is 3. The molecule has 0 radical (unpaired) electrons. The molecule has 8 aromatic rings. The Morgan fingerprint density at radius 3 is 1.70 bits per heavy atom. The van der Waals surface area contributed by atoms with Gasteiger partial charge in [-0.2, -0.15) is 10.5 Å². The van der Waals surface area contributed by atoms with E-state index < -0.39 is 0 Å². The van der Waals surface area contributed by atoms with Gasteiger partial charge in [-0.3, -0.25) is 0 Å². The van der Waals surface area contributed by atoms with Gasteiger partial charge in [0.05, 0.1) is 50.9 Å². The summed E-state index contributed by atoms with van der Waals surface area (Å²) in [5.74, 6) is 0.323. The molecule has 0 fully saturated rings. The number of hydrogen-bond donors (Lipinski definition) is 0. The Bertz CT molecular complexity index is 2460. The molecule has 0 aliphatic carbocycles. The van der Waals surface area contributed by atoms with Gasteiger partial charge in [0.15, 0.2) is 5.82 Å². The van der Waals surface area contributed by atoms with E-state index in [0.717, 1.165) is 44.1 Å². The third-order valence-corrected chi connectivity index (χ3v) is 8.52. The summed E-state index contributed by atoms with van der Waals surface area (Å²) in [6.07, 6.45) is 0. The van der Waals surface area contributed by atoms with Crippen LogP contribution in [0.1, 0.15) is 11.1 Å². The van der Waals surface area contributed by atoms with Crippen LogP contribution in [0.15, 0.2) is 152 Å². The van der Waals surface area contributed by atoms with E-state index in [9.17, 15) is 10.5 Å². The Labute approximate surface area is 271 Å². The number of benzene rings is 6. The molecule has 0 N–H and O–H groups in total. The van der Waals surface area contributed by atoms with Crippen molar-refractivity contribution in [2.45, 2.75) is 0 Å². The molecule has 0 aliphatic heterocycles. The second kappa shape index (κ2) is 11.6. The van der Waals surface area contributed by atoms with Gasteiger partial charge >= 0.3 is 0 Å². The van der Waals surface area contributed by atoms with E-state index in [4.69, 9.17) is 9.97 Å². The average Bonchev–Trinajstić information content (AvgIpc) is 3.49. The highest BCUT2D eigenvalue weighted by molar-refractivity contribution is 6.14.